The van der Waals surface area contributed by atoms with Gasteiger partial charge in [-0.3, -0.25) is 9.69 Å². The molecule has 1 aromatic carbocycles. The van der Waals surface area contributed by atoms with Crippen LogP contribution in [0.2, 0.25) is 0 Å². The average molecular weight is 426 g/mol. The first-order valence-electron chi connectivity index (χ1n) is 11.4. The molecule has 2 aromatic rings. The summed E-state index contributed by atoms with van der Waals surface area (Å²) in [7, 11) is 0. The molecule has 1 amide bonds. The minimum Gasteiger partial charge on any atom is -0.392 e. The van der Waals surface area contributed by atoms with Gasteiger partial charge in [0.25, 0.3) is 5.91 Å². The molecular weight excluding hydrogens is 394 g/mol. The summed E-state index contributed by atoms with van der Waals surface area (Å²) < 4.78 is 10.9. The number of β-amino-alcohol motifs (C(OH)–C–C–N with tert-alkyl or cyclic N) is 1. The fourth-order valence-corrected chi connectivity index (χ4v) is 5.55. The number of rotatable bonds is 3. The smallest absolute Gasteiger partial charge is 0.276 e. The zero-order valence-corrected chi connectivity index (χ0v) is 17.9. The van der Waals surface area contributed by atoms with E-state index in [-0.39, 0.29) is 17.4 Å². The van der Waals surface area contributed by atoms with Crippen LogP contribution in [0.15, 0.2) is 40.9 Å². The SMILES string of the molecule is O=C(c1cc(-c2ccccc2)on1)N1CCC2(CC1)CC(O)CN(C1CCOCC1)C2. The van der Waals surface area contributed by atoms with Gasteiger partial charge in [-0.15, -0.1) is 0 Å². The second-order valence-corrected chi connectivity index (χ2v) is 9.37. The molecule has 4 heterocycles. The monoisotopic (exact) mass is 425 g/mol. The molecule has 1 atom stereocenters. The minimum atomic E-state index is -0.289. The van der Waals surface area contributed by atoms with E-state index in [1.807, 2.05) is 35.2 Å². The quantitative estimate of drug-likeness (QED) is 0.815. The number of hydrogen-bond acceptors (Lipinski definition) is 6. The highest BCUT2D eigenvalue weighted by Gasteiger charge is 2.44. The van der Waals surface area contributed by atoms with Crippen molar-refractivity contribution in [3.05, 3.63) is 42.1 Å². The van der Waals surface area contributed by atoms with Crippen LogP contribution in [0.25, 0.3) is 11.3 Å². The number of aliphatic hydroxyl groups excluding tert-OH is 1. The first kappa shape index (κ1) is 20.7. The van der Waals surface area contributed by atoms with Gasteiger partial charge in [-0.1, -0.05) is 35.5 Å². The van der Waals surface area contributed by atoms with Crippen molar-refractivity contribution in [1.29, 1.82) is 0 Å². The van der Waals surface area contributed by atoms with Gasteiger partial charge >= 0.3 is 0 Å². The maximum Gasteiger partial charge on any atom is 0.276 e. The Morgan fingerprint density at radius 1 is 1.13 bits per heavy atom. The Morgan fingerprint density at radius 3 is 2.61 bits per heavy atom. The summed E-state index contributed by atoms with van der Waals surface area (Å²) in [6.07, 6.45) is 4.46. The number of benzene rings is 1. The Hall–Kier alpha value is -2.22. The third-order valence-electron chi connectivity index (χ3n) is 7.26. The van der Waals surface area contributed by atoms with Crippen LogP contribution in [0.5, 0.6) is 0 Å². The second kappa shape index (κ2) is 8.73. The lowest BCUT2D eigenvalue weighted by Gasteiger charge is -2.51. The Labute approximate surface area is 182 Å². The number of aliphatic hydroxyl groups is 1. The van der Waals surface area contributed by atoms with E-state index in [0.717, 1.165) is 64.0 Å². The first-order valence-corrected chi connectivity index (χ1v) is 11.4. The number of nitrogens with zero attached hydrogens (tertiary/aromatic N) is 3. The number of aromatic nitrogens is 1. The van der Waals surface area contributed by atoms with Crippen LogP contribution < -0.4 is 0 Å². The molecule has 7 nitrogen and oxygen atoms in total. The molecule has 5 rings (SSSR count). The molecule has 0 bridgehead atoms. The lowest BCUT2D eigenvalue weighted by molar-refractivity contribution is -0.0695. The van der Waals surface area contributed by atoms with E-state index in [0.29, 0.717) is 30.6 Å². The van der Waals surface area contributed by atoms with E-state index in [1.54, 1.807) is 6.07 Å². The number of piperidine rings is 2. The molecule has 1 unspecified atom stereocenters. The maximum atomic E-state index is 13.0. The van der Waals surface area contributed by atoms with Crippen molar-refractivity contribution in [3.8, 4) is 11.3 Å². The minimum absolute atomic E-state index is 0.0709. The number of carbonyl (C=O) groups excluding carboxylic acids is 1. The third kappa shape index (κ3) is 4.40. The van der Waals surface area contributed by atoms with Gasteiger partial charge in [0.15, 0.2) is 11.5 Å². The van der Waals surface area contributed by atoms with Crippen LogP contribution in [-0.2, 0) is 4.74 Å². The molecule has 31 heavy (non-hydrogen) atoms. The summed E-state index contributed by atoms with van der Waals surface area (Å²) in [4.78, 5) is 17.4. The summed E-state index contributed by atoms with van der Waals surface area (Å²) in [6.45, 7) is 4.79. The first-order chi connectivity index (χ1) is 15.1. The zero-order valence-electron chi connectivity index (χ0n) is 17.9. The van der Waals surface area contributed by atoms with Crippen LogP contribution in [0.3, 0.4) is 0 Å². The lowest BCUT2D eigenvalue weighted by Crippen LogP contribution is -2.57. The van der Waals surface area contributed by atoms with Crippen molar-refractivity contribution >= 4 is 5.91 Å². The van der Waals surface area contributed by atoms with Crippen LogP contribution >= 0.6 is 0 Å². The van der Waals surface area contributed by atoms with E-state index >= 15 is 0 Å². The van der Waals surface area contributed by atoms with E-state index in [2.05, 4.69) is 10.1 Å². The lowest BCUT2D eigenvalue weighted by atomic mass is 9.71. The maximum absolute atomic E-state index is 13.0. The molecule has 0 radical (unpaired) electrons. The molecule has 0 aliphatic carbocycles. The number of amides is 1. The van der Waals surface area contributed by atoms with Gasteiger partial charge in [-0.25, -0.2) is 0 Å². The molecule has 3 aliphatic heterocycles. The molecule has 1 aromatic heterocycles. The standard InChI is InChI=1S/C24H31N3O4/c28-20-15-24(17-27(16-20)19-6-12-30-13-7-19)8-10-26(11-9-24)23(29)21-14-22(31-25-21)18-4-2-1-3-5-18/h1-5,14,19-20,28H,6-13,15-17H2. The average Bonchev–Trinajstić information content (AvgIpc) is 3.30. The molecule has 7 heteroatoms. The van der Waals surface area contributed by atoms with E-state index in [4.69, 9.17) is 9.26 Å². The van der Waals surface area contributed by atoms with Crippen molar-refractivity contribution < 1.29 is 19.2 Å². The predicted molar refractivity (Wildman–Crippen MR) is 116 cm³/mol. The second-order valence-electron chi connectivity index (χ2n) is 9.37. The number of ether oxygens (including phenoxy) is 1. The summed E-state index contributed by atoms with van der Waals surface area (Å²) in [5.74, 6) is 0.540. The highest BCUT2D eigenvalue weighted by Crippen LogP contribution is 2.41. The van der Waals surface area contributed by atoms with Gasteiger partial charge in [0.05, 0.1) is 6.10 Å². The van der Waals surface area contributed by atoms with Crippen molar-refractivity contribution in [2.24, 2.45) is 5.41 Å². The van der Waals surface area contributed by atoms with Crippen LogP contribution in [0.4, 0.5) is 0 Å². The fraction of sp³-hybridized carbons (Fsp3) is 0.583. The van der Waals surface area contributed by atoms with Crippen LogP contribution in [0.1, 0.15) is 42.6 Å². The normalized spacial score (nSPS) is 25.1. The van der Waals surface area contributed by atoms with Gasteiger partial charge in [0.2, 0.25) is 0 Å². The Morgan fingerprint density at radius 2 is 1.87 bits per heavy atom. The molecule has 1 spiro atoms. The zero-order chi connectivity index (χ0) is 21.3. The van der Waals surface area contributed by atoms with Crippen LogP contribution in [0, 0.1) is 5.41 Å². The van der Waals surface area contributed by atoms with Crippen molar-refractivity contribution in [2.75, 3.05) is 39.4 Å². The Bertz CT molecular complexity index is 885. The molecule has 1 N–H and O–H groups in total. The van der Waals surface area contributed by atoms with E-state index in [9.17, 15) is 9.90 Å². The molecular formula is C24H31N3O4. The molecule has 3 fully saturated rings. The topological polar surface area (TPSA) is 79.0 Å². The molecule has 3 saturated heterocycles. The van der Waals surface area contributed by atoms with E-state index < -0.39 is 0 Å². The van der Waals surface area contributed by atoms with Crippen molar-refractivity contribution in [3.63, 3.8) is 0 Å². The third-order valence-corrected chi connectivity index (χ3v) is 7.26. The highest BCUT2D eigenvalue weighted by atomic mass is 16.5. The number of carbonyl (C=O) groups is 1. The summed E-state index contributed by atoms with van der Waals surface area (Å²) in [5, 5.41) is 14.6. The molecule has 3 aliphatic rings. The summed E-state index contributed by atoms with van der Waals surface area (Å²) in [5.41, 5.74) is 1.37. The fourth-order valence-electron chi connectivity index (χ4n) is 5.55. The number of likely N-dealkylation sites (tertiary alicyclic amines) is 2. The highest BCUT2D eigenvalue weighted by molar-refractivity contribution is 5.93. The Balaban J connectivity index is 1.22. The van der Waals surface area contributed by atoms with Gasteiger partial charge in [-0.05, 0) is 37.5 Å². The van der Waals surface area contributed by atoms with Crippen molar-refractivity contribution in [2.45, 2.75) is 44.2 Å². The summed E-state index contributed by atoms with van der Waals surface area (Å²) in [6, 6.07) is 11.9. The van der Waals surface area contributed by atoms with Gasteiger partial charge in [0.1, 0.15) is 0 Å². The number of hydrogen-bond donors (Lipinski definition) is 1. The molecule has 166 valence electrons. The largest absolute Gasteiger partial charge is 0.392 e. The van der Waals surface area contributed by atoms with E-state index in [1.165, 1.54) is 0 Å². The summed E-state index contributed by atoms with van der Waals surface area (Å²) >= 11 is 0. The van der Waals surface area contributed by atoms with Gasteiger partial charge < -0.3 is 19.3 Å². The van der Waals surface area contributed by atoms with Crippen molar-refractivity contribution in [1.82, 2.24) is 15.0 Å². The van der Waals surface area contributed by atoms with Crippen LogP contribution in [-0.4, -0.2) is 77.5 Å². The molecule has 0 saturated carbocycles. The van der Waals surface area contributed by atoms with Gasteiger partial charge in [0, 0.05) is 57.1 Å². The predicted octanol–water partition coefficient (Wildman–Crippen LogP) is 2.81. The Kier molecular flexibility index (Phi) is 5.82. The van der Waals surface area contributed by atoms with Gasteiger partial charge in [-0.2, -0.15) is 0 Å².